The summed E-state index contributed by atoms with van der Waals surface area (Å²) in [6.07, 6.45) is 5.10. The SMILES string of the molecule is c1ccc(NN=C2CCCc3ccccc32)nc1. The Morgan fingerprint density at radius 2 is 1.89 bits per heavy atom. The van der Waals surface area contributed by atoms with Crippen molar-refractivity contribution in [3.8, 4) is 0 Å². The van der Waals surface area contributed by atoms with Gasteiger partial charge in [-0.2, -0.15) is 5.10 Å². The summed E-state index contributed by atoms with van der Waals surface area (Å²) in [6.45, 7) is 0. The Kier molecular flexibility index (Phi) is 3.05. The van der Waals surface area contributed by atoms with Gasteiger partial charge in [-0.15, -0.1) is 0 Å². The molecular formula is C15H15N3. The molecule has 3 rings (SSSR count). The zero-order chi connectivity index (χ0) is 12.2. The lowest BCUT2D eigenvalue weighted by atomic mass is 9.90. The maximum absolute atomic E-state index is 4.50. The second kappa shape index (κ2) is 5.00. The number of benzene rings is 1. The van der Waals surface area contributed by atoms with Crippen molar-refractivity contribution in [3.63, 3.8) is 0 Å². The molecule has 3 nitrogen and oxygen atoms in total. The van der Waals surface area contributed by atoms with E-state index in [1.165, 1.54) is 17.5 Å². The second-order valence-electron chi connectivity index (χ2n) is 4.40. The fourth-order valence-corrected chi connectivity index (χ4v) is 2.27. The smallest absolute Gasteiger partial charge is 0.146 e. The normalized spacial score (nSPS) is 16.3. The zero-order valence-corrected chi connectivity index (χ0v) is 10.1. The van der Waals surface area contributed by atoms with Gasteiger partial charge >= 0.3 is 0 Å². The van der Waals surface area contributed by atoms with Crippen LogP contribution >= 0.6 is 0 Å². The minimum absolute atomic E-state index is 0.785. The van der Waals surface area contributed by atoms with Crippen molar-refractivity contribution in [3.05, 3.63) is 59.8 Å². The average molecular weight is 237 g/mol. The molecule has 1 heterocycles. The van der Waals surface area contributed by atoms with Crippen molar-refractivity contribution in [2.75, 3.05) is 5.43 Å². The van der Waals surface area contributed by atoms with E-state index in [0.717, 1.165) is 24.4 Å². The molecule has 0 atom stereocenters. The van der Waals surface area contributed by atoms with Gasteiger partial charge in [0.1, 0.15) is 5.82 Å². The first-order chi connectivity index (χ1) is 8.93. The van der Waals surface area contributed by atoms with Crippen LogP contribution in [0.1, 0.15) is 24.0 Å². The van der Waals surface area contributed by atoms with E-state index in [2.05, 4.69) is 39.8 Å². The van der Waals surface area contributed by atoms with Crippen LogP contribution < -0.4 is 5.43 Å². The summed E-state index contributed by atoms with van der Waals surface area (Å²) in [5, 5.41) is 4.50. The molecule has 18 heavy (non-hydrogen) atoms. The van der Waals surface area contributed by atoms with Gasteiger partial charge in [0.05, 0.1) is 5.71 Å². The lowest BCUT2D eigenvalue weighted by molar-refractivity contribution is 0.837. The Bertz CT molecular complexity index is 561. The van der Waals surface area contributed by atoms with Crippen molar-refractivity contribution in [1.82, 2.24) is 4.98 Å². The molecule has 0 bridgehead atoms. The summed E-state index contributed by atoms with van der Waals surface area (Å²) in [5.74, 6) is 0.785. The molecule has 90 valence electrons. The third kappa shape index (κ3) is 2.25. The van der Waals surface area contributed by atoms with Gasteiger partial charge in [0.2, 0.25) is 0 Å². The van der Waals surface area contributed by atoms with Crippen LogP contribution in [0.2, 0.25) is 0 Å². The van der Waals surface area contributed by atoms with E-state index >= 15 is 0 Å². The second-order valence-corrected chi connectivity index (χ2v) is 4.40. The van der Waals surface area contributed by atoms with Crippen LogP contribution in [-0.2, 0) is 6.42 Å². The van der Waals surface area contributed by atoms with Crippen LogP contribution in [0.3, 0.4) is 0 Å². The number of anilines is 1. The number of aryl methyl sites for hydroxylation is 1. The Labute approximate surface area is 107 Å². The number of aromatic nitrogens is 1. The molecule has 1 aromatic heterocycles. The highest BCUT2D eigenvalue weighted by Gasteiger charge is 2.14. The van der Waals surface area contributed by atoms with Crippen LogP contribution in [0.5, 0.6) is 0 Å². The summed E-state index contributed by atoms with van der Waals surface area (Å²) in [7, 11) is 0. The van der Waals surface area contributed by atoms with Gasteiger partial charge in [0, 0.05) is 11.8 Å². The van der Waals surface area contributed by atoms with Crippen molar-refractivity contribution in [2.24, 2.45) is 5.10 Å². The molecule has 1 aliphatic carbocycles. The molecule has 1 aromatic carbocycles. The van der Waals surface area contributed by atoms with Crippen LogP contribution in [0.15, 0.2) is 53.8 Å². The molecule has 0 saturated carbocycles. The quantitative estimate of drug-likeness (QED) is 0.814. The average Bonchev–Trinajstić information content (AvgIpc) is 2.46. The van der Waals surface area contributed by atoms with E-state index in [9.17, 15) is 0 Å². The molecule has 2 aromatic rings. The molecule has 0 aliphatic heterocycles. The first kappa shape index (κ1) is 11.0. The van der Waals surface area contributed by atoms with Gasteiger partial charge in [0.25, 0.3) is 0 Å². The Hall–Kier alpha value is -2.16. The van der Waals surface area contributed by atoms with E-state index in [1.807, 2.05) is 18.2 Å². The number of hydrogen-bond donors (Lipinski definition) is 1. The van der Waals surface area contributed by atoms with Crippen molar-refractivity contribution in [1.29, 1.82) is 0 Å². The third-order valence-electron chi connectivity index (χ3n) is 3.16. The lowest BCUT2D eigenvalue weighted by Crippen LogP contribution is -2.13. The maximum atomic E-state index is 4.50. The molecule has 0 amide bonds. The first-order valence-electron chi connectivity index (χ1n) is 6.25. The standard InChI is InChI=1S/C15H15N3/c1-2-8-13-12(6-1)7-5-9-14(13)17-18-15-10-3-4-11-16-15/h1-4,6,8,10-11H,5,7,9H2,(H,16,18). The molecule has 0 radical (unpaired) electrons. The van der Waals surface area contributed by atoms with Crippen molar-refractivity contribution < 1.29 is 0 Å². The highest BCUT2D eigenvalue weighted by atomic mass is 15.3. The van der Waals surface area contributed by atoms with Crippen LogP contribution in [0.25, 0.3) is 0 Å². The van der Waals surface area contributed by atoms with Gasteiger partial charge in [-0.05, 0) is 37.0 Å². The first-order valence-corrected chi connectivity index (χ1v) is 6.25. The Balaban J connectivity index is 1.85. The summed E-state index contributed by atoms with van der Waals surface area (Å²) in [6, 6.07) is 14.3. The van der Waals surface area contributed by atoms with E-state index in [4.69, 9.17) is 0 Å². The number of nitrogens with zero attached hydrogens (tertiary/aromatic N) is 2. The van der Waals surface area contributed by atoms with Crippen molar-refractivity contribution >= 4 is 11.5 Å². The highest BCUT2D eigenvalue weighted by Crippen LogP contribution is 2.21. The highest BCUT2D eigenvalue weighted by molar-refractivity contribution is 6.03. The van der Waals surface area contributed by atoms with Gasteiger partial charge < -0.3 is 0 Å². The number of rotatable bonds is 2. The monoisotopic (exact) mass is 237 g/mol. The largest absolute Gasteiger partial charge is 0.261 e. The minimum Gasteiger partial charge on any atom is -0.261 e. The molecule has 0 unspecified atom stereocenters. The van der Waals surface area contributed by atoms with E-state index in [0.29, 0.717) is 0 Å². The van der Waals surface area contributed by atoms with Gasteiger partial charge in [-0.3, -0.25) is 5.43 Å². The van der Waals surface area contributed by atoms with Crippen LogP contribution in [-0.4, -0.2) is 10.7 Å². The molecule has 1 aliphatic rings. The predicted octanol–water partition coefficient (Wildman–Crippen LogP) is 3.23. The number of nitrogens with one attached hydrogen (secondary N) is 1. The topological polar surface area (TPSA) is 37.3 Å². The predicted molar refractivity (Wildman–Crippen MR) is 73.8 cm³/mol. The Morgan fingerprint density at radius 3 is 2.78 bits per heavy atom. The van der Waals surface area contributed by atoms with Gasteiger partial charge in [0.15, 0.2) is 0 Å². The number of hydrazone groups is 1. The molecule has 0 spiro atoms. The molecule has 0 saturated heterocycles. The fourth-order valence-electron chi connectivity index (χ4n) is 2.27. The lowest BCUT2D eigenvalue weighted by Gasteiger charge is -2.17. The van der Waals surface area contributed by atoms with Crippen LogP contribution in [0.4, 0.5) is 5.82 Å². The van der Waals surface area contributed by atoms with E-state index < -0.39 is 0 Å². The summed E-state index contributed by atoms with van der Waals surface area (Å²) >= 11 is 0. The summed E-state index contributed by atoms with van der Waals surface area (Å²) in [4.78, 5) is 4.20. The van der Waals surface area contributed by atoms with E-state index in [1.54, 1.807) is 6.20 Å². The summed E-state index contributed by atoms with van der Waals surface area (Å²) in [5.41, 5.74) is 6.82. The number of fused-ring (bicyclic) bond motifs is 1. The number of hydrogen-bond acceptors (Lipinski definition) is 3. The fraction of sp³-hybridized carbons (Fsp3) is 0.200. The van der Waals surface area contributed by atoms with Gasteiger partial charge in [-0.25, -0.2) is 4.98 Å². The molecular weight excluding hydrogens is 222 g/mol. The molecule has 3 heteroatoms. The molecule has 0 fully saturated rings. The van der Waals surface area contributed by atoms with E-state index in [-0.39, 0.29) is 0 Å². The number of pyridine rings is 1. The Morgan fingerprint density at radius 1 is 1.00 bits per heavy atom. The summed E-state index contributed by atoms with van der Waals surface area (Å²) < 4.78 is 0. The van der Waals surface area contributed by atoms with Crippen molar-refractivity contribution in [2.45, 2.75) is 19.3 Å². The van der Waals surface area contributed by atoms with Gasteiger partial charge in [-0.1, -0.05) is 30.3 Å². The van der Waals surface area contributed by atoms with Crippen LogP contribution in [0, 0.1) is 0 Å². The third-order valence-corrected chi connectivity index (χ3v) is 3.16. The zero-order valence-electron chi connectivity index (χ0n) is 10.1. The maximum Gasteiger partial charge on any atom is 0.146 e. The minimum atomic E-state index is 0.785. The molecule has 1 N–H and O–H groups in total.